The van der Waals surface area contributed by atoms with Gasteiger partial charge in [0, 0.05) is 77.1 Å². The SMILES string of the molecule is CNc1ccccc1CCN(C=O)C1CCN(C(=O)O[C@H](Cc2cc(C)c3nc[nH]c3c2)C(=O)N2CCC(N3CCC(O)(CO)CC3)CC2)CC1. The Balaban J connectivity index is 1.07. The number of aliphatic hydroxyl groups excluding tert-OH is 1. The van der Waals surface area contributed by atoms with Crippen LogP contribution in [0.1, 0.15) is 55.2 Å². The number of likely N-dealkylation sites (tertiary alicyclic amines) is 3. The summed E-state index contributed by atoms with van der Waals surface area (Å²) in [5.41, 5.74) is 4.81. The molecule has 0 saturated carbocycles. The fourth-order valence-electron chi connectivity index (χ4n) is 8.06. The molecule has 51 heavy (non-hydrogen) atoms. The van der Waals surface area contributed by atoms with Gasteiger partial charge in [0.05, 0.1) is 29.6 Å². The summed E-state index contributed by atoms with van der Waals surface area (Å²) in [6, 6.07) is 12.4. The Bertz CT molecular complexity index is 1640. The number of para-hydroxylation sites is 1. The van der Waals surface area contributed by atoms with Gasteiger partial charge < -0.3 is 44.9 Å². The van der Waals surface area contributed by atoms with Gasteiger partial charge in [0.1, 0.15) is 0 Å². The van der Waals surface area contributed by atoms with Crippen molar-refractivity contribution in [1.29, 1.82) is 0 Å². The van der Waals surface area contributed by atoms with Gasteiger partial charge in [0.25, 0.3) is 5.91 Å². The van der Waals surface area contributed by atoms with Crippen LogP contribution in [0.3, 0.4) is 0 Å². The van der Waals surface area contributed by atoms with E-state index in [1.165, 1.54) is 0 Å². The Labute approximate surface area is 299 Å². The maximum atomic E-state index is 14.1. The third kappa shape index (κ3) is 8.65. The molecule has 3 aliphatic heterocycles. The van der Waals surface area contributed by atoms with Crippen molar-refractivity contribution >= 4 is 35.1 Å². The molecule has 276 valence electrons. The number of H-pyrrole nitrogens is 1. The number of benzene rings is 2. The number of nitrogens with one attached hydrogen (secondary N) is 2. The van der Waals surface area contributed by atoms with Crippen molar-refractivity contribution in [2.24, 2.45) is 0 Å². The number of nitrogens with zero attached hydrogens (tertiary/aromatic N) is 5. The molecule has 13 heteroatoms. The van der Waals surface area contributed by atoms with E-state index in [0.717, 1.165) is 72.2 Å². The molecule has 3 fully saturated rings. The Kier molecular flexibility index (Phi) is 11.8. The third-order valence-corrected chi connectivity index (χ3v) is 11.3. The molecule has 4 heterocycles. The molecule has 13 nitrogen and oxygen atoms in total. The smallest absolute Gasteiger partial charge is 0.410 e. The lowest BCUT2D eigenvalue weighted by molar-refractivity contribution is -0.143. The maximum absolute atomic E-state index is 14.1. The summed E-state index contributed by atoms with van der Waals surface area (Å²) in [6.07, 6.45) is 5.98. The van der Waals surface area contributed by atoms with E-state index >= 15 is 0 Å². The van der Waals surface area contributed by atoms with Gasteiger partial charge >= 0.3 is 6.09 Å². The average Bonchev–Trinajstić information content (AvgIpc) is 3.65. The molecule has 0 spiro atoms. The number of carbonyl (C=O) groups is 3. The number of anilines is 1. The average molecular weight is 704 g/mol. The van der Waals surface area contributed by atoms with Crippen molar-refractivity contribution in [3.8, 4) is 0 Å². The topological polar surface area (TPSA) is 155 Å². The first kappa shape index (κ1) is 36.6. The van der Waals surface area contributed by atoms with E-state index in [1.807, 2.05) is 54.1 Å². The highest BCUT2D eigenvalue weighted by molar-refractivity contribution is 5.85. The zero-order valence-electron chi connectivity index (χ0n) is 29.9. The number of carbonyl (C=O) groups excluding carboxylic acids is 3. The molecule has 6 rings (SSSR count). The highest BCUT2D eigenvalue weighted by Crippen LogP contribution is 2.28. The van der Waals surface area contributed by atoms with Gasteiger partial charge in [0.15, 0.2) is 6.10 Å². The molecule has 0 bridgehead atoms. The van der Waals surface area contributed by atoms with Gasteiger partial charge in [0.2, 0.25) is 6.41 Å². The third-order valence-electron chi connectivity index (χ3n) is 11.3. The summed E-state index contributed by atoms with van der Waals surface area (Å²) in [5, 5.41) is 23.2. The van der Waals surface area contributed by atoms with E-state index in [1.54, 1.807) is 11.2 Å². The number of hydrogen-bond acceptors (Lipinski definition) is 9. The summed E-state index contributed by atoms with van der Waals surface area (Å²) in [6.45, 7) is 5.78. The summed E-state index contributed by atoms with van der Waals surface area (Å²) < 4.78 is 6.09. The number of aromatic amines is 1. The second-order valence-electron chi connectivity index (χ2n) is 14.5. The molecule has 3 amide bonds. The number of aromatic nitrogens is 2. The van der Waals surface area contributed by atoms with Crippen LogP contribution < -0.4 is 5.32 Å². The first-order valence-corrected chi connectivity index (χ1v) is 18.4. The normalized spacial score (nSPS) is 19.5. The molecule has 1 aromatic heterocycles. The van der Waals surface area contributed by atoms with E-state index in [0.29, 0.717) is 64.4 Å². The Morgan fingerprint density at radius 2 is 1.78 bits per heavy atom. The fourth-order valence-corrected chi connectivity index (χ4v) is 8.06. The van der Waals surface area contributed by atoms with E-state index in [9.17, 15) is 24.6 Å². The van der Waals surface area contributed by atoms with E-state index < -0.39 is 17.8 Å². The van der Waals surface area contributed by atoms with Crippen molar-refractivity contribution in [2.75, 3.05) is 64.8 Å². The van der Waals surface area contributed by atoms with Gasteiger partial charge in [-0.25, -0.2) is 9.78 Å². The zero-order chi connectivity index (χ0) is 36.0. The first-order valence-electron chi connectivity index (χ1n) is 18.4. The van der Waals surface area contributed by atoms with Crippen LogP contribution in [-0.4, -0.2) is 141 Å². The number of aryl methyl sites for hydroxylation is 1. The largest absolute Gasteiger partial charge is 0.436 e. The second-order valence-corrected chi connectivity index (χ2v) is 14.5. The van der Waals surface area contributed by atoms with Crippen molar-refractivity contribution in [3.63, 3.8) is 0 Å². The minimum Gasteiger partial charge on any atom is -0.436 e. The number of fused-ring (bicyclic) bond motifs is 1. The molecule has 0 unspecified atom stereocenters. The van der Waals surface area contributed by atoms with Crippen molar-refractivity contribution in [2.45, 2.75) is 82.1 Å². The standard InChI is InChI=1S/C38H53N7O6/c1-27-21-28(22-33-35(27)41-25-40-33)23-34(36(48)43-15-8-30(9-16-43)42-19-12-38(50,24-46)13-20-42)51-37(49)44-17-10-31(11-18-44)45(26-47)14-7-29-5-3-4-6-32(29)39-2/h3-6,21-22,25-26,30-31,34,39,46,50H,7-20,23-24H2,1-2H3,(H,40,41)/t34-/m1/s1. The number of rotatable bonds is 12. The molecule has 3 aliphatic rings. The predicted octanol–water partition coefficient (Wildman–Crippen LogP) is 2.94. The summed E-state index contributed by atoms with van der Waals surface area (Å²) >= 11 is 0. The summed E-state index contributed by atoms with van der Waals surface area (Å²) in [4.78, 5) is 55.2. The Morgan fingerprint density at radius 3 is 2.47 bits per heavy atom. The fraction of sp³-hybridized carbons (Fsp3) is 0.579. The highest BCUT2D eigenvalue weighted by Gasteiger charge is 2.38. The van der Waals surface area contributed by atoms with Crippen LogP contribution in [0.15, 0.2) is 42.7 Å². The van der Waals surface area contributed by atoms with E-state index in [4.69, 9.17) is 4.74 Å². The zero-order valence-corrected chi connectivity index (χ0v) is 29.9. The molecule has 0 aliphatic carbocycles. The quantitative estimate of drug-likeness (QED) is 0.209. The molecule has 4 N–H and O–H groups in total. The minimum atomic E-state index is -0.996. The summed E-state index contributed by atoms with van der Waals surface area (Å²) in [5.74, 6) is -0.193. The lowest BCUT2D eigenvalue weighted by Crippen LogP contribution is -2.54. The number of aliphatic hydroxyl groups is 2. The van der Waals surface area contributed by atoms with Gasteiger partial charge in [-0.1, -0.05) is 24.3 Å². The van der Waals surface area contributed by atoms with Crippen molar-refractivity contribution in [3.05, 3.63) is 59.4 Å². The molecular formula is C38H53N7O6. The highest BCUT2D eigenvalue weighted by atomic mass is 16.6. The van der Waals surface area contributed by atoms with Crippen LogP contribution in [0.2, 0.25) is 0 Å². The Morgan fingerprint density at radius 1 is 1.08 bits per heavy atom. The molecule has 2 aromatic carbocycles. The molecule has 0 radical (unpaired) electrons. The predicted molar refractivity (Wildman–Crippen MR) is 194 cm³/mol. The maximum Gasteiger partial charge on any atom is 0.410 e. The van der Waals surface area contributed by atoms with Crippen LogP contribution >= 0.6 is 0 Å². The molecule has 3 aromatic rings. The van der Waals surface area contributed by atoms with Crippen LogP contribution in [0.5, 0.6) is 0 Å². The van der Waals surface area contributed by atoms with Crippen LogP contribution in [0, 0.1) is 6.92 Å². The van der Waals surface area contributed by atoms with E-state index in [2.05, 4.69) is 26.3 Å². The monoisotopic (exact) mass is 703 g/mol. The van der Waals surface area contributed by atoms with Crippen LogP contribution in [-0.2, 0) is 27.2 Å². The number of imidazole rings is 1. The van der Waals surface area contributed by atoms with Gasteiger partial charge in [-0.15, -0.1) is 0 Å². The van der Waals surface area contributed by atoms with Crippen LogP contribution in [0.25, 0.3) is 11.0 Å². The van der Waals surface area contributed by atoms with Crippen molar-refractivity contribution < 1.29 is 29.3 Å². The second kappa shape index (κ2) is 16.4. The molecular weight excluding hydrogens is 650 g/mol. The van der Waals surface area contributed by atoms with Gasteiger partial charge in [-0.3, -0.25) is 9.59 Å². The minimum absolute atomic E-state index is 0.0217. The van der Waals surface area contributed by atoms with Gasteiger partial charge in [-0.2, -0.15) is 0 Å². The van der Waals surface area contributed by atoms with E-state index in [-0.39, 0.29) is 25.0 Å². The summed E-state index contributed by atoms with van der Waals surface area (Å²) in [7, 11) is 1.89. The number of ether oxygens (including phenoxy) is 1. The first-order chi connectivity index (χ1) is 24.7. The molecule has 3 saturated heterocycles. The number of amides is 3. The lowest BCUT2D eigenvalue weighted by Gasteiger charge is -2.44. The number of piperidine rings is 3. The molecule has 1 atom stereocenters. The lowest BCUT2D eigenvalue weighted by atomic mass is 9.90. The van der Waals surface area contributed by atoms with Crippen LogP contribution in [0.4, 0.5) is 10.5 Å². The number of hydrogen-bond donors (Lipinski definition) is 4. The van der Waals surface area contributed by atoms with Crippen molar-refractivity contribution in [1.82, 2.24) is 29.6 Å². The Hall–Kier alpha value is -4.20. The van der Waals surface area contributed by atoms with Gasteiger partial charge in [-0.05, 0) is 80.7 Å².